The molecule has 0 radical (unpaired) electrons. The van der Waals surface area contributed by atoms with Crippen LogP contribution in [-0.4, -0.2) is 66.2 Å². The van der Waals surface area contributed by atoms with E-state index in [-0.39, 0.29) is 17.8 Å². The van der Waals surface area contributed by atoms with Crippen LogP contribution in [0.1, 0.15) is 44.2 Å². The third kappa shape index (κ3) is 5.29. The minimum Gasteiger partial charge on any atom is -0.478 e. The zero-order valence-corrected chi connectivity index (χ0v) is 22.0. The molecule has 4 rings (SSSR count). The lowest BCUT2D eigenvalue weighted by Gasteiger charge is -2.14. The summed E-state index contributed by atoms with van der Waals surface area (Å²) in [4.78, 5) is 24.1. The molecule has 1 aromatic carbocycles. The Hall–Kier alpha value is -3.23. The van der Waals surface area contributed by atoms with Crippen molar-refractivity contribution in [2.45, 2.75) is 44.8 Å². The number of imidazole rings is 1. The van der Waals surface area contributed by atoms with E-state index >= 15 is 0 Å². The van der Waals surface area contributed by atoms with Crippen LogP contribution in [0.2, 0.25) is 0 Å². The number of fused-ring (bicyclic) bond motifs is 3. The maximum Gasteiger partial charge on any atom is 0.329 e. The van der Waals surface area contributed by atoms with Crippen LogP contribution in [0.15, 0.2) is 52.2 Å². The van der Waals surface area contributed by atoms with Crippen LogP contribution in [0.3, 0.4) is 0 Å². The Morgan fingerprint density at radius 3 is 2.81 bits per heavy atom. The highest BCUT2D eigenvalue weighted by Crippen LogP contribution is 2.35. The Bertz CT molecular complexity index is 1370. The number of nitrogens with zero attached hydrogens (tertiary/aromatic N) is 5. The molecule has 0 spiro atoms. The first-order valence-corrected chi connectivity index (χ1v) is 12.5. The van der Waals surface area contributed by atoms with Crippen LogP contribution in [0, 0.1) is 0 Å². The summed E-state index contributed by atoms with van der Waals surface area (Å²) in [6.07, 6.45) is 9.48. The first kappa shape index (κ1) is 25.9. The van der Waals surface area contributed by atoms with Crippen LogP contribution < -0.4 is 5.69 Å². The van der Waals surface area contributed by atoms with Gasteiger partial charge in [0.1, 0.15) is 0 Å². The molecule has 192 valence electrons. The highest BCUT2D eigenvalue weighted by atomic mass is 16.5. The van der Waals surface area contributed by atoms with Gasteiger partial charge in [-0.15, -0.1) is 0 Å². The summed E-state index contributed by atoms with van der Waals surface area (Å²) in [5.41, 5.74) is 4.75. The summed E-state index contributed by atoms with van der Waals surface area (Å²) >= 11 is 0. The summed E-state index contributed by atoms with van der Waals surface area (Å²) < 4.78 is 15.0. The maximum absolute atomic E-state index is 13.3. The van der Waals surface area contributed by atoms with Gasteiger partial charge in [0.05, 0.1) is 35.5 Å². The number of methoxy groups -OCH3 is 1. The summed E-state index contributed by atoms with van der Waals surface area (Å²) in [6.45, 7) is 7.23. The Morgan fingerprint density at radius 1 is 1.31 bits per heavy atom. The van der Waals surface area contributed by atoms with Gasteiger partial charge in [-0.1, -0.05) is 12.1 Å². The van der Waals surface area contributed by atoms with Crippen molar-refractivity contribution in [1.29, 1.82) is 0 Å². The molecule has 0 N–H and O–H groups in total. The van der Waals surface area contributed by atoms with Gasteiger partial charge in [0.25, 0.3) is 0 Å². The first-order valence-electron chi connectivity index (χ1n) is 12.5. The predicted octanol–water partition coefficient (Wildman–Crippen LogP) is 4.54. The van der Waals surface area contributed by atoms with E-state index in [4.69, 9.17) is 9.47 Å². The smallest absolute Gasteiger partial charge is 0.329 e. The van der Waals surface area contributed by atoms with E-state index in [1.807, 2.05) is 43.9 Å². The molecule has 3 aromatic rings. The standard InChI is InChI=1S/C28H37N5O3/c1-19(8-13-26(29-2)36-15-7-14-31(3)4)20-9-12-24-23(16-20)27-25(18-30-24)32(5)28(34)33(27)21-10-11-22(17-21)35-6/h8-9,12-13,16,18,21-22H,2,7,10-11,14-15,17H2,1,3-6H3. The number of aryl methyl sites for hydroxylation is 1. The molecule has 8 heteroatoms. The van der Waals surface area contributed by atoms with E-state index < -0.39 is 0 Å². The molecule has 0 aliphatic heterocycles. The van der Waals surface area contributed by atoms with Crippen molar-refractivity contribution in [3.8, 4) is 0 Å². The number of hydrogen-bond donors (Lipinski definition) is 0. The van der Waals surface area contributed by atoms with Gasteiger partial charge in [-0.05, 0) is 76.7 Å². The van der Waals surface area contributed by atoms with Gasteiger partial charge in [-0.2, -0.15) is 0 Å². The van der Waals surface area contributed by atoms with Gasteiger partial charge < -0.3 is 14.4 Å². The molecule has 2 heterocycles. The van der Waals surface area contributed by atoms with Crippen molar-refractivity contribution >= 4 is 34.2 Å². The fraction of sp³-hybridized carbons (Fsp3) is 0.464. The second-order valence-electron chi connectivity index (χ2n) is 9.78. The lowest BCUT2D eigenvalue weighted by Crippen LogP contribution is -2.25. The molecule has 36 heavy (non-hydrogen) atoms. The Balaban J connectivity index is 1.70. The number of hydrogen-bond acceptors (Lipinski definition) is 6. The second-order valence-corrected chi connectivity index (χ2v) is 9.78. The van der Waals surface area contributed by atoms with Gasteiger partial charge in [0.15, 0.2) is 0 Å². The lowest BCUT2D eigenvalue weighted by molar-refractivity contribution is 0.106. The summed E-state index contributed by atoms with van der Waals surface area (Å²) in [6, 6.07) is 6.32. The largest absolute Gasteiger partial charge is 0.478 e. The molecule has 1 fully saturated rings. The Morgan fingerprint density at radius 2 is 2.11 bits per heavy atom. The van der Waals surface area contributed by atoms with Gasteiger partial charge in [-0.25, -0.2) is 9.79 Å². The monoisotopic (exact) mass is 491 g/mol. The number of benzene rings is 1. The average Bonchev–Trinajstić information content (AvgIpc) is 3.45. The van der Waals surface area contributed by atoms with Crippen LogP contribution in [-0.2, 0) is 16.5 Å². The molecular weight excluding hydrogens is 454 g/mol. The van der Waals surface area contributed by atoms with E-state index in [9.17, 15) is 4.79 Å². The van der Waals surface area contributed by atoms with Crippen LogP contribution in [0.5, 0.6) is 0 Å². The van der Waals surface area contributed by atoms with Crippen molar-refractivity contribution in [3.63, 3.8) is 0 Å². The lowest BCUT2D eigenvalue weighted by atomic mass is 10.0. The summed E-state index contributed by atoms with van der Waals surface area (Å²) in [5, 5.41) is 0.974. The van der Waals surface area contributed by atoms with Crippen molar-refractivity contribution < 1.29 is 9.47 Å². The SMILES string of the molecule is C=NC(=CC=C(C)c1ccc2ncc3c(c2c1)n(C1CCC(OC)C1)c(=O)n3C)OCCCN(C)C. The highest BCUT2D eigenvalue weighted by Gasteiger charge is 2.29. The van der Waals surface area contributed by atoms with Gasteiger partial charge in [-0.3, -0.25) is 14.1 Å². The van der Waals surface area contributed by atoms with Crippen LogP contribution in [0.4, 0.5) is 0 Å². The number of aliphatic imine (C=N–C) groups is 1. The molecule has 1 aliphatic carbocycles. The van der Waals surface area contributed by atoms with Crippen molar-refractivity contribution in [2.75, 3.05) is 34.4 Å². The van der Waals surface area contributed by atoms with E-state index in [0.717, 1.165) is 65.3 Å². The fourth-order valence-corrected chi connectivity index (χ4v) is 4.97. The third-order valence-electron chi connectivity index (χ3n) is 7.06. The Kier molecular flexibility index (Phi) is 8.06. The average molecular weight is 492 g/mol. The highest BCUT2D eigenvalue weighted by molar-refractivity contribution is 6.03. The minimum atomic E-state index is -0.00484. The Labute approximate surface area is 212 Å². The molecule has 2 aromatic heterocycles. The molecule has 0 amide bonds. The van der Waals surface area contributed by atoms with E-state index in [1.165, 1.54) is 0 Å². The van der Waals surface area contributed by atoms with E-state index in [2.05, 4.69) is 40.7 Å². The van der Waals surface area contributed by atoms with Crippen LogP contribution >= 0.6 is 0 Å². The van der Waals surface area contributed by atoms with Gasteiger partial charge >= 0.3 is 5.69 Å². The quantitative estimate of drug-likeness (QED) is 0.180. The van der Waals surface area contributed by atoms with Crippen LogP contribution in [0.25, 0.3) is 27.5 Å². The number of aromatic nitrogens is 3. The van der Waals surface area contributed by atoms with Crippen molar-refractivity contribution in [3.05, 3.63) is 58.5 Å². The number of rotatable bonds is 10. The fourth-order valence-electron chi connectivity index (χ4n) is 4.97. The molecule has 2 unspecified atom stereocenters. The molecule has 1 aliphatic rings. The first-order chi connectivity index (χ1) is 17.3. The summed E-state index contributed by atoms with van der Waals surface area (Å²) in [7, 11) is 7.65. The van der Waals surface area contributed by atoms with Crippen molar-refractivity contribution in [1.82, 2.24) is 19.0 Å². The molecule has 1 saturated carbocycles. The zero-order chi connectivity index (χ0) is 25.8. The zero-order valence-electron chi connectivity index (χ0n) is 22.0. The predicted molar refractivity (Wildman–Crippen MR) is 147 cm³/mol. The molecule has 8 nitrogen and oxygen atoms in total. The number of allylic oxidation sites excluding steroid dienone is 3. The van der Waals surface area contributed by atoms with Crippen molar-refractivity contribution in [2.24, 2.45) is 12.0 Å². The van der Waals surface area contributed by atoms with E-state index in [1.54, 1.807) is 17.9 Å². The normalized spacial score (nSPS) is 19.1. The molecule has 0 bridgehead atoms. The molecule has 2 atom stereocenters. The van der Waals surface area contributed by atoms with Gasteiger partial charge in [0.2, 0.25) is 5.88 Å². The summed E-state index contributed by atoms with van der Waals surface area (Å²) in [5.74, 6) is 0.504. The number of ether oxygens (including phenoxy) is 2. The second kappa shape index (κ2) is 11.2. The van der Waals surface area contributed by atoms with E-state index in [0.29, 0.717) is 12.5 Å². The third-order valence-corrected chi connectivity index (χ3v) is 7.06. The van der Waals surface area contributed by atoms with Gasteiger partial charge in [0, 0.05) is 38.2 Å². The maximum atomic E-state index is 13.3. The molecular formula is C28H37N5O3. The topological polar surface area (TPSA) is 73.9 Å². The molecule has 0 saturated heterocycles. The number of pyridine rings is 1. The minimum absolute atomic E-state index is 0.00484.